The quantitative estimate of drug-likeness (QED) is 0.235. The van der Waals surface area contributed by atoms with Crippen LogP contribution in [0.5, 0.6) is 0 Å². The van der Waals surface area contributed by atoms with Crippen molar-refractivity contribution in [1.29, 1.82) is 0 Å². The maximum atomic E-state index is 11.8. The Kier molecular flexibility index (Phi) is 12.2. The first-order chi connectivity index (χ1) is 8.66. The zero-order valence-corrected chi connectivity index (χ0v) is 11.8. The standard InChI is InChI=1S/C13H22F2O2Si/c1-2-12(16)17-10-8-6-4-3-5-7-9-11-18-13(14)15/h2,13H,1,3-11H2. The van der Waals surface area contributed by atoms with E-state index in [1.165, 1.54) is 6.08 Å². The van der Waals surface area contributed by atoms with Gasteiger partial charge in [0.05, 0.1) is 6.61 Å². The summed E-state index contributed by atoms with van der Waals surface area (Å²) in [4.78, 5) is 10.7. The fourth-order valence-corrected chi connectivity index (χ4v) is 2.23. The van der Waals surface area contributed by atoms with Crippen LogP contribution < -0.4 is 0 Å². The number of hydrogen-bond donors (Lipinski definition) is 0. The van der Waals surface area contributed by atoms with Crippen LogP contribution in [0.15, 0.2) is 12.7 Å². The maximum absolute atomic E-state index is 11.8. The third-order valence-corrected chi connectivity index (χ3v) is 3.48. The molecule has 5 heteroatoms. The van der Waals surface area contributed by atoms with E-state index in [0.29, 0.717) is 12.7 Å². The summed E-state index contributed by atoms with van der Waals surface area (Å²) < 4.78 is 28.5. The van der Waals surface area contributed by atoms with Crippen molar-refractivity contribution in [2.75, 3.05) is 6.61 Å². The highest BCUT2D eigenvalue weighted by Crippen LogP contribution is 2.09. The van der Waals surface area contributed by atoms with Crippen LogP contribution in [0.3, 0.4) is 0 Å². The number of carbonyl (C=O) groups excluding carboxylic acids is 1. The molecule has 0 aromatic heterocycles. The smallest absolute Gasteiger partial charge is 0.330 e. The van der Waals surface area contributed by atoms with Gasteiger partial charge in [-0.15, -0.1) is 0 Å². The minimum Gasteiger partial charge on any atom is -0.463 e. The van der Waals surface area contributed by atoms with Gasteiger partial charge in [-0.1, -0.05) is 51.1 Å². The molecule has 18 heavy (non-hydrogen) atoms. The van der Waals surface area contributed by atoms with E-state index in [1.807, 2.05) is 0 Å². The van der Waals surface area contributed by atoms with Gasteiger partial charge in [0.1, 0.15) is 9.52 Å². The van der Waals surface area contributed by atoms with Crippen LogP contribution >= 0.6 is 0 Å². The summed E-state index contributed by atoms with van der Waals surface area (Å²) in [7, 11) is -0.192. The van der Waals surface area contributed by atoms with Crippen molar-refractivity contribution >= 4 is 15.5 Å². The van der Waals surface area contributed by atoms with Gasteiger partial charge >= 0.3 is 5.97 Å². The summed E-state index contributed by atoms with van der Waals surface area (Å²) in [5, 5.41) is 0. The lowest BCUT2D eigenvalue weighted by Gasteiger charge is -2.03. The first kappa shape index (κ1) is 17.3. The van der Waals surface area contributed by atoms with E-state index in [-0.39, 0.29) is 15.5 Å². The molecule has 0 saturated heterocycles. The Labute approximate surface area is 111 Å². The second-order valence-corrected chi connectivity index (χ2v) is 5.45. The first-order valence-corrected chi connectivity index (χ1v) is 7.76. The van der Waals surface area contributed by atoms with E-state index in [2.05, 4.69) is 6.58 Å². The third kappa shape index (κ3) is 13.4. The molecule has 0 heterocycles. The fraction of sp³-hybridized carbons (Fsp3) is 0.769. The lowest BCUT2D eigenvalue weighted by atomic mass is 10.1. The average molecular weight is 276 g/mol. The Morgan fingerprint density at radius 2 is 1.67 bits per heavy atom. The van der Waals surface area contributed by atoms with Crippen LogP contribution in [0.1, 0.15) is 44.9 Å². The summed E-state index contributed by atoms with van der Waals surface area (Å²) in [5.74, 6) is -0.366. The molecule has 0 fully saturated rings. The molecule has 0 aliphatic rings. The zero-order valence-electron chi connectivity index (χ0n) is 10.8. The Morgan fingerprint density at radius 1 is 1.11 bits per heavy atom. The molecule has 2 radical (unpaired) electrons. The summed E-state index contributed by atoms with van der Waals surface area (Å²) in [6.07, 6.45) is 8.41. The SMILES string of the molecule is C=CC(=O)OCCCCCCCCC[Si]C(F)F. The van der Waals surface area contributed by atoms with Crippen LogP contribution in [0.4, 0.5) is 8.78 Å². The first-order valence-electron chi connectivity index (χ1n) is 6.47. The lowest BCUT2D eigenvalue weighted by Crippen LogP contribution is -2.02. The average Bonchev–Trinajstić information content (AvgIpc) is 2.35. The number of esters is 1. The lowest BCUT2D eigenvalue weighted by molar-refractivity contribution is -0.137. The largest absolute Gasteiger partial charge is 0.463 e. The molecule has 0 rings (SSSR count). The van der Waals surface area contributed by atoms with Gasteiger partial charge in [-0.2, -0.15) is 0 Å². The van der Waals surface area contributed by atoms with Crippen LogP contribution in [0.25, 0.3) is 0 Å². The van der Waals surface area contributed by atoms with Gasteiger partial charge in [0.2, 0.25) is 6.05 Å². The topological polar surface area (TPSA) is 26.3 Å². The number of alkyl halides is 2. The summed E-state index contributed by atoms with van der Waals surface area (Å²) in [6.45, 7) is 3.77. The van der Waals surface area contributed by atoms with E-state index >= 15 is 0 Å². The molecule has 2 nitrogen and oxygen atoms in total. The van der Waals surface area contributed by atoms with Crippen molar-refractivity contribution in [3.8, 4) is 0 Å². The Bertz CT molecular complexity index is 223. The van der Waals surface area contributed by atoms with Gasteiger partial charge in [-0.05, 0) is 6.42 Å². The van der Waals surface area contributed by atoms with Gasteiger partial charge in [0.15, 0.2) is 0 Å². The van der Waals surface area contributed by atoms with Crippen molar-refractivity contribution in [2.45, 2.75) is 57.0 Å². The van der Waals surface area contributed by atoms with Gasteiger partial charge in [0.25, 0.3) is 0 Å². The van der Waals surface area contributed by atoms with Crippen LogP contribution in [0, 0.1) is 0 Å². The molecule has 0 aromatic carbocycles. The highest BCUT2D eigenvalue weighted by atomic mass is 28.2. The molecule has 104 valence electrons. The second-order valence-electron chi connectivity index (χ2n) is 4.10. The van der Waals surface area contributed by atoms with Crippen LogP contribution in [-0.4, -0.2) is 28.1 Å². The number of rotatable bonds is 12. The number of carbonyl (C=O) groups is 1. The normalized spacial score (nSPS) is 10.6. The molecule has 0 aliphatic carbocycles. The highest BCUT2D eigenvalue weighted by Gasteiger charge is 2.02. The molecule has 0 unspecified atom stereocenters. The summed E-state index contributed by atoms with van der Waals surface area (Å²) in [5.41, 5.74) is 0. The van der Waals surface area contributed by atoms with Gasteiger partial charge < -0.3 is 4.74 Å². The van der Waals surface area contributed by atoms with E-state index in [1.54, 1.807) is 0 Å². The van der Waals surface area contributed by atoms with Gasteiger partial charge in [-0.3, -0.25) is 0 Å². The summed E-state index contributed by atoms with van der Waals surface area (Å²) >= 11 is 0. The van der Waals surface area contributed by atoms with Crippen LogP contribution in [0.2, 0.25) is 6.04 Å². The van der Waals surface area contributed by atoms with Gasteiger partial charge in [0, 0.05) is 6.08 Å². The number of ether oxygens (including phenoxy) is 1. The predicted molar refractivity (Wildman–Crippen MR) is 70.0 cm³/mol. The zero-order chi connectivity index (χ0) is 13.6. The molecule has 0 amide bonds. The molecule has 0 N–H and O–H groups in total. The van der Waals surface area contributed by atoms with Crippen molar-refractivity contribution in [3.63, 3.8) is 0 Å². The maximum Gasteiger partial charge on any atom is 0.330 e. The number of hydrogen-bond acceptors (Lipinski definition) is 2. The molecular formula is C13H22F2O2Si. The van der Waals surface area contributed by atoms with Crippen molar-refractivity contribution in [1.82, 2.24) is 0 Å². The minimum absolute atomic E-state index is 0.192. The molecule has 0 saturated carbocycles. The molecular weight excluding hydrogens is 254 g/mol. The summed E-state index contributed by atoms with van der Waals surface area (Å²) in [6, 6.07) is -1.46. The van der Waals surface area contributed by atoms with Gasteiger partial charge in [-0.25, -0.2) is 13.6 Å². The highest BCUT2D eigenvalue weighted by molar-refractivity contribution is 6.36. The Morgan fingerprint density at radius 3 is 2.22 bits per heavy atom. The molecule has 0 bridgehead atoms. The van der Waals surface area contributed by atoms with Crippen molar-refractivity contribution < 1.29 is 18.3 Å². The van der Waals surface area contributed by atoms with E-state index in [0.717, 1.165) is 44.9 Å². The van der Waals surface area contributed by atoms with E-state index < -0.39 is 6.05 Å². The third-order valence-electron chi connectivity index (χ3n) is 2.53. The van der Waals surface area contributed by atoms with E-state index in [4.69, 9.17) is 4.74 Å². The van der Waals surface area contributed by atoms with E-state index in [9.17, 15) is 13.6 Å². The Balaban J connectivity index is 3.03. The predicted octanol–water partition coefficient (Wildman–Crippen LogP) is 3.79. The number of halogens is 2. The monoisotopic (exact) mass is 276 g/mol. The number of unbranched alkanes of at least 4 members (excludes halogenated alkanes) is 6. The van der Waals surface area contributed by atoms with Crippen LogP contribution in [-0.2, 0) is 9.53 Å². The van der Waals surface area contributed by atoms with Crippen molar-refractivity contribution in [3.05, 3.63) is 12.7 Å². The fourth-order valence-electron chi connectivity index (χ4n) is 1.55. The minimum atomic E-state index is -2.12. The molecule has 0 aromatic rings. The molecule has 0 aliphatic heterocycles. The molecule has 0 spiro atoms. The molecule has 0 atom stereocenters. The van der Waals surface area contributed by atoms with Crippen molar-refractivity contribution in [2.24, 2.45) is 0 Å². The second kappa shape index (κ2) is 12.7. The Hall–Kier alpha value is -0.713.